The SMILES string of the molecule is Cc1ccc(N(CCc2ccc(C(F)(F)F)nc2)C(=O)C(O)c2ccccc2)cn1. The van der Waals surface area contributed by atoms with Crippen molar-refractivity contribution in [2.45, 2.75) is 25.6 Å². The Kier molecular flexibility index (Phi) is 6.47. The van der Waals surface area contributed by atoms with Crippen LogP contribution in [0.4, 0.5) is 18.9 Å². The molecule has 3 rings (SSSR count). The number of aryl methyl sites for hydroxylation is 1. The number of amides is 1. The number of benzene rings is 1. The molecule has 0 fully saturated rings. The van der Waals surface area contributed by atoms with Crippen molar-refractivity contribution in [3.63, 3.8) is 0 Å². The molecule has 2 aromatic heterocycles. The first-order valence-electron chi connectivity index (χ1n) is 9.25. The Balaban J connectivity index is 1.81. The Morgan fingerprint density at radius 3 is 2.33 bits per heavy atom. The van der Waals surface area contributed by atoms with E-state index in [4.69, 9.17) is 0 Å². The van der Waals surface area contributed by atoms with Crippen molar-refractivity contribution in [2.24, 2.45) is 0 Å². The van der Waals surface area contributed by atoms with E-state index in [1.165, 1.54) is 17.2 Å². The number of halogens is 3. The van der Waals surface area contributed by atoms with E-state index in [0.29, 0.717) is 16.8 Å². The Morgan fingerprint density at radius 2 is 1.77 bits per heavy atom. The van der Waals surface area contributed by atoms with Crippen LogP contribution in [0.2, 0.25) is 0 Å². The molecule has 0 spiro atoms. The predicted molar refractivity (Wildman–Crippen MR) is 106 cm³/mol. The molecular formula is C22H20F3N3O2. The summed E-state index contributed by atoms with van der Waals surface area (Å²) >= 11 is 0. The molecule has 1 aromatic carbocycles. The summed E-state index contributed by atoms with van der Waals surface area (Å²) in [6, 6.07) is 14.2. The van der Waals surface area contributed by atoms with Crippen molar-refractivity contribution >= 4 is 11.6 Å². The summed E-state index contributed by atoms with van der Waals surface area (Å²) in [5.41, 5.74) is 1.27. The van der Waals surface area contributed by atoms with E-state index in [-0.39, 0.29) is 13.0 Å². The highest BCUT2D eigenvalue weighted by atomic mass is 19.4. The molecule has 5 nitrogen and oxygen atoms in total. The lowest BCUT2D eigenvalue weighted by molar-refractivity contribution is -0.141. The quantitative estimate of drug-likeness (QED) is 0.658. The third kappa shape index (κ3) is 5.21. The Labute approximate surface area is 171 Å². The summed E-state index contributed by atoms with van der Waals surface area (Å²) in [6.45, 7) is 1.95. The average molecular weight is 415 g/mol. The van der Waals surface area contributed by atoms with E-state index < -0.39 is 23.9 Å². The van der Waals surface area contributed by atoms with Gasteiger partial charge in [0.2, 0.25) is 0 Å². The van der Waals surface area contributed by atoms with Gasteiger partial charge in [-0.15, -0.1) is 0 Å². The van der Waals surface area contributed by atoms with Gasteiger partial charge < -0.3 is 10.0 Å². The second kappa shape index (κ2) is 9.04. The van der Waals surface area contributed by atoms with Crippen LogP contribution in [0.3, 0.4) is 0 Å². The van der Waals surface area contributed by atoms with Gasteiger partial charge in [0.25, 0.3) is 5.91 Å². The van der Waals surface area contributed by atoms with Crippen LogP contribution in [0.1, 0.15) is 28.6 Å². The first-order chi connectivity index (χ1) is 14.3. The number of hydrogen-bond acceptors (Lipinski definition) is 4. The largest absolute Gasteiger partial charge is 0.433 e. The molecular weight excluding hydrogens is 395 g/mol. The normalized spacial score (nSPS) is 12.4. The average Bonchev–Trinajstić information content (AvgIpc) is 2.74. The van der Waals surface area contributed by atoms with Gasteiger partial charge in [0, 0.05) is 18.4 Å². The topological polar surface area (TPSA) is 66.3 Å². The van der Waals surface area contributed by atoms with E-state index in [0.717, 1.165) is 18.0 Å². The van der Waals surface area contributed by atoms with Crippen molar-refractivity contribution in [1.82, 2.24) is 9.97 Å². The zero-order valence-corrected chi connectivity index (χ0v) is 16.2. The number of carbonyl (C=O) groups excluding carboxylic acids is 1. The summed E-state index contributed by atoms with van der Waals surface area (Å²) in [5.74, 6) is -0.549. The molecule has 8 heteroatoms. The molecule has 0 bridgehead atoms. The van der Waals surface area contributed by atoms with E-state index in [9.17, 15) is 23.1 Å². The number of aromatic nitrogens is 2. The van der Waals surface area contributed by atoms with Crippen LogP contribution < -0.4 is 4.90 Å². The highest BCUT2D eigenvalue weighted by Gasteiger charge is 2.32. The first kappa shape index (κ1) is 21.4. The minimum Gasteiger partial charge on any atom is -0.378 e. The zero-order chi connectivity index (χ0) is 21.7. The summed E-state index contributed by atoms with van der Waals surface area (Å²) in [7, 11) is 0. The van der Waals surface area contributed by atoms with Crippen LogP contribution >= 0.6 is 0 Å². The number of rotatable bonds is 6. The van der Waals surface area contributed by atoms with Crippen LogP contribution in [0, 0.1) is 6.92 Å². The van der Waals surface area contributed by atoms with Crippen molar-refractivity contribution in [3.8, 4) is 0 Å². The molecule has 156 valence electrons. The minimum atomic E-state index is -4.51. The summed E-state index contributed by atoms with van der Waals surface area (Å²) in [4.78, 5) is 22.0. The highest BCUT2D eigenvalue weighted by molar-refractivity contribution is 5.96. The molecule has 0 aliphatic rings. The number of anilines is 1. The molecule has 0 saturated carbocycles. The van der Waals surface area contributed by atoms with E-state index in [1.807, 2.05) is 6.92 Å². The number of alkyl halides is 3. The lowest BCUT2D eigenvalue weighted by Crippen LogP contribution is -2.37. The molecule has 1 amide bonds. The Hall–Kier alpha value is -3.26. The lowest BCUT2D eigenvalue weighted by atomic mass is 10.1. The Morgan fingerprint density at radius 1 is 1.03 bits per heavy atom. The molecule has 0 radical (unpaired) electrons. The van der Waals surface area contributed by atoms with Crippen LogP contribution in [0.15, 0.2) is 67.0 Å². The molecule has 1 unspecified atom stereocenters. The van der Waals surface area contributed by atoms with Gasteiger partial charge in [-0.05, 0) is 42.7 Å². The van der Waals surface area contributed by atoms with Crippen LogP contribution in [0.25, 0.3) is 0 Å². The van der Waals surface area contributed by atoms with E-state index in [1.54, 1.807) is 42.5 Å². The third-order valence-corrected chi connectivity index (χ3v) is 4.56. The second-order valence-electron chi connectivity index (χ2n) is 6.76. The van der Waals surface area contributed by atoms with Gasteiger partial charge in [-0.1, -0.05) is 36.4 Å². The fraction of sp³-hybridized carbons (Fsp3) is 0.227. The number of carbonyl (C=O) groups is 1. The minimum absolute atomic E-state index is 0.139. The second-order valence-corrected chi connectivity index (χ2v) is 6.76. The van der Waals surface area contributed by atoms with E-state index in [2.05, 4.69) is 9.97 Å². The molecule has 1 atom stereocenters. The van der Waals surface area contributed by atoms with Crippen LogP contribution in [-0.4, -0.2) is 27.5 Å². The van der Waals surface area contributed by atoms with Gasteiger partial charge in [0.1, 0.15) is 5.69 Å². The summed E-state index contributed by atoms with van der Waals surface area (Å²) < 4.78 is 38.1. The number of pyridine rings is 2. The lowest BCUT2D eigenvalue weighted by Gasteiger charge is -2.25. The van der Waals surface area contributed by atoms with Crippen molar-refractivity contribution < 1.29 is 23.1 Å². The maximum absolute atomic E-state index is 13.0. The van der Waals surface area contributed by atoms with Crippen molar-refractivity contribution in [2.75, 3.05) is 11.4 Å². The first-order valence-corrected chi connectivity index (χ1v) is 9.25. The molecule has 3 aromatic rings. The van der Waals surface area contributed by atoms with E-state index >= 15 is 0 Å². The van der Waals surface area contributed by atoms with Crippen LogP contribution in [0.5, 0.6) is 0 Å². The molecule has 0 aliphatic carbocycles. The smallest absolute Gasteiger partial charge is 0.378 e. The number of hydrogen-bond donors (Lipinski definition) is 1. The number of nitrogens with zero attached hydrogens (tertiary/aromatic N) is 3. The highest BCUT2D eigenvalue weighted by Crippen LogP contribution is 2.27. The maximum atomic E-state index is 13.0. The molecule has 2 heterocycles. The molecule has 1 N–H and O–H groups in total. The maximum Gasteiger partial charge on any atom is 0.433 e. The van der Waals surface area contributed by atoms with Gasteiger partial charge in [-0.2, -0.15) is 13.2 Å². The van der Waals surface area contributed by atoms with Crippen molar-refractivity contribution in [1.29, 1.82) is 0 Å². The Bertz CT molecular complexity index is 975. The number of aliphatic hydroxyl groups excluding tert-OH is 1. The number of aliphatic hydroxyl groups is 1. The van der Waals surface area contributed by atoms with Gasteiger partial charge in [-0.25, -0.2) is 0 Å². The summed E-state index contributed by atoms with van der Waals surface area (Å²) in [5, 5.41) is 10.5. The monoisotopic (exact) mass is 415 g/mol. The van der Waals surface area contributed by atoms with Crippen molar-refractivity contribution in [3.05, 3.63) is 89.5 Å². The third-order valence-electron chi connectivity index (χ3n) is 4.56. The van der Waals surface area contributed by atoms with Gasteiger partial charge >= 0.3 is 6.18 Å². The zero-order valence-electron chi connectivity index (χ0n) is 16.2. The summed E-state index contributed by atoms with van der Waals surface area (Å²) in [6.07, 6.45) is -2.96. The molecule has 0 saturated heterocycles. The molecule has 30 heavy (non-hydrogen) atoms. The standard InChI is InChI=1S/C22H20F3N3O2/c1-15-7-9-18(14-26-15)28(21(30)20(29)17-5-3-2-4-6-17)12-11-16-8-10-19(27-13-16)22(23,24)25/h2-10,13-14,20,29H,11-12H2,1H3. The molecule has 0 aliphatic heterocycles. The van der Waals surface area contributed by atoms with Gasteiger partial charge in [0.05, 0.1) is 11.9 Å². The van der Waals surface area contributed by atoms with Gasteiger partial charge in [-0.3, -0.25) is 14.8 Å². The van der Waals surface area contributed by atoms with Crippen LogP contribution in [-0.2, 0) is 17.4 Å². The van der Waals surface area contributed by atoms with Gasteiger partial charge in [0.15, 0.2) is 6.10 Å². The fourth-order valence-corrected chi connectivity index (χ4v) is 2.89. The fourth-order valence-electron chi connectivity index (χ4n) is 2.89. The predicted octanol–water partition coefficient (Wildman–Crippen LogP) is 4.11.